The molecule has 3 rings (SSSR count). The topological polar surface area (TPSA) is 102 Å². The van der Waals surface area contributed by atoms with E-state index in [1.807, 2.05) is 6.92 Å². The van der Waals surface area contributed by atoms with Crippen LogP contribution in [0.25, 0.3) is 0 Å². The molecule has 1 N–H and O–H groups in total. The van der Waals surface area contributed by atoms with E-state index in [0.29, 0.717) is 24.3 Å². The number of anilines is 1. The van der Waals surface area contributed by atoms with Gasteiger partial charge in [0.25, 0.3) is 10.0 Å². The van der Waals surface area contributed by atoms with Crippen LogP contribution in [-0.2, 0) is 24.8 Å². The molecular weight excluding hydrogens is 428 g/mol. The molecule has 0 radical (unpaired) electrons. The molecule has 0 unspecified atom stereocenters. The molecule has 30 heavy (non-hydrogen) atoms. The van der Waals surface area contributed by atoms with Gasteiger partial charge in [-0.05, 0) is 50.1 Å². The maximum atomic E-state index is 13.1. The molecule has 10 heteroatoms. The Bertz CT molecular complexity index is 1130. The van der Waals surface area contributed by atoms with Gasteiger partial charge in [-0.15, -0.1) is 0 Å². The SMILES string of the molecule is COc1ccc(NS(=O)(=O)c2c(C)cc(C)cc2C)cc1S(=O)(=O)N1CCOCC1. The highest BCUT2D eigenvalue weighted by atomic mass is 32.2. The number of nitrogens with zero attached hydrogens (tertiary/aromatic N) is 1. The van der Waals surface area contributed by atoms with Crippen LogP contribution >= 0.6 is 0 Å². The molecule has 8 nitrogen and oxygen atoms in total. The lowest BCUT2D eigenvalue weighted by atomic mass is 10.1. The standard InChI is InChI=1S/C20H26N2O6S2/c1-14-11-15(2)20(16(3)12-14)29(23,24)21-17-5-6-18(27-4)19(13-17)30(25,26)22-7-9-28-10-8-22/h5-6,11-13,21H,7-10H2,1-4H3. The van der Waals surface area contributed by atoms with E-state index in [0.717, 1.165) is 5.56 Å². The largest absolute Gasteiger partial charge is 0.495 e. The average molecular weight is 455 g/mol. The Morgan fingerprint density at radius 2 is 1.57 bits per heavy atom. The van der Waals surface area contributed by atoms with Gasteiger partial charge in [-0.2, -0.15) is 4.31 Å². The predicted octanol–water partition coefficient (Wildman–Crippen LogP) is 2.44. The van der Waals surface area contributed by atoms with Crippen molar-refractivity contribution in [3.05, 3.63) is 47.0 Å². The number of morpholine rings is 1. The molecule has 0 atom stereocenters. The number of hydrogen-bond acceptors (Lipinski definition) is 6. The van der Waals surface area contributed by atoms with E-state index < -0.39 is 20.0 Å². The summed E-state index contributed by atoms with van der Waals surface area (Å²) in [6.45, 7) is 6.43. The number of ether oxygens (including phenoxy) is 2. The summed E-state index contributed by atoms with van der Waals surface area (Å²) >= 11 is 0. The molecule has 1 aliphatic rings. The fourth-order valence-corrected chi connectivity index (χ4v) is 6.76. The Balaban J connectivity index is 2.01. The van der Waals surface area contributed by atoms with E-state index in [1.54, 1.807) is 26.0 Å². The maximum absolute atomic E-state index is 13.1. The van der Waals surface area contributed by atoms with Gasteiger partial charge in [-0.3, -0.25) is 4.72 Å². The molecule has 1 heterocycles. The molecule has 0 spiro atoms. The van der Waals surface area contributed by atoms with Crippen LogP contribution in [0.3, 0.4) is 0 Å². The number of nitrogens with one attached hydrogen (secondary N) is 1. The molecule has 0 amide bonds. The van der Waals surface area contributed by atoms with Crippen molar-refractivity contribution in [1.82, 2.24) is 4.31 Å². The normalized spacial score (nSPS) is 15.7. The zero-order valence-corrected chi connectivity index (χ0v) is 19.1. The number of rotatable bonds is 6. The van der Waals surface area contributed by atoms with E-state index in [4.69, 9.17) is 9.47 Å². The fourth-order valence-electron chi connectivity index (χ4n) is 3.66. The highest BCUT2D eigenvalue weighted by Gasteiger charge is 2.30. The van der Waals surface area contributed by atoms with Gasteiger partial charge in [0.15, 0.2) is 0 Å². The summed E-state index contributed by atoms with van der Waals surface area (Å²) in [5.41, 5.74) is 2.35. The van der Waals surface area contributed by atoms with Gasteiger partial charge in [0.05, 0.1) is 30.9 Å². The zero-order chi connectivity index (χ0) is 22.1. The van der Waals surface area contributed by atoms with Crippen LogP contribution < -0.4 is 9.46 Å². The third-order valence-electron chi connectivity index (χ3n) is 4.88. The van der Waals surface area contributed by atoms with Crippen molar-refractivity contribution < 1.29 is 26.3 Å². The number of methoxy groups -OCH3 is 1. The lowest BCUT2D eigenvalue weighted by Crippen LogP contribution is -2.40. The van der Waals surface area contributed by atoms with E-state index >= 15 is 0 Å². The van der Waals surface area contributed by atoms with Gasteiger partial charge in [0.1, 0.15) is 10.6 Å². The Morgan fingerprint density at radius 3 is 2.13 bits per heavy atom. The minimum absolute atomic E-state index is 0.0931. The van der Waals surface area contributed by atoms with E-state index in [-0.39, 0.29) is 34.3 Å². The molecule has 1 aliphatic heterocycles. The van der Waals surface area contributed by atoms with Crippen LogP contribution in [0.1, 0.15) is 16.7 Å². The van der Waals surface area contributed by atoms with Crippen LogP contribution in [0, 0.1) is 20.8 Å². The first-order valence-corrected chi connectivity index (χ1v) is 12.3. The second kappa shape index (κ2) is 8.54. The smallest absolute Gasteiger partial charge is 0.262 e. The van der Waals surface area contributed by atoms with Gasteiger partial charge in [-0.25, -0.2) is 16.8 Å². The quantitative estimate of drug-likeness (QED) is 0.719. The first-order valence-electron chi connectivity index (χ1n) is 9.43. The number of sulfonamides is 2. The van der Waals surface area contributed by atoms with E-state index in [1.165, 1.54) is 29.6 Å². The summed E-state index contributed by atoms with van der Waals surface area (Å²) in [5, 5.41) is 0. The number of aryl methyl sites for hydroxylation is 3. The maximum Gasteiger partial charge on any atom is 0.262 e. The van der Waals surface area contributed by atoms with Gasteiger partial charge < -0.3 is 9.47 Å². The number of benzene rings is 2. The molecule has 2 aromatic rings. The summed E-state index contributed by atoms with van der Waals surface area (Å²) in [7, 11) is -6.42. The second-order valence-corrected chi connectivity index (χ2v) is 10.7. The van der Waals surface area contributed by atoms with Crippen molar-refractivity contribution in [3.8, 4) is 5.75 Å². The van der Waals surface area contributed by atoms with E-state index in [2.05, 4.69) is 4.72 Å². The van der Waals surface area contributed by atoms with Crippen molar-refractivity contribution in [3.63, 3.8) is 0 Å². The third kappa shape index (κ3) is 4.46. The Morgan fingerprint density at radius 1 is 0.967 bits per heavy atom. The van der Waals surface area contributed by atoms with E-state index in [9.17, 15) is 16.8 Å². The fraction of sp³-hybridized carbons (Fsp3) is 0.400. The molecule has 0 saturated carbocycles. The Kier molecular flexibility index (Phi) is 6.42. The summed E-state index contributed by atoms with van der Waals surface area (Å²) in [6.07, 6.45) is 0. The summed E-state index contributed by atoms with van der Waals surface area (Å²) in [5.74, 6) is 0.145. The van der Waals surface area contributed by atoms with Crippen molar-refractivity contribution >= 4 is 25.7 Å². The highest BCUT2D eigenvalue weighted by molar-refractivity contribution is 7.92. The van der Waals surface area contributed by atoms with Crippen LogP contribution in [0.15, 0.2) is 40.1 Å². The Labute approximate surface area is 177 Å². The van der Waals surface area contributed by atoms with Crippen LogP contribution in [0.4, 0.5) is 5.69 Å². The van der Waals surface area contributed by atoms with Crippen LogP contribution in [0.2, 0.25) is 0 Å². The molecule has 0 aromatic heterocycles. The van der Waals surface area contributed by atoms with Gasteiger partial charge in [0.2, 0.25) is 10.0 Å². The van der Waals surface area contributed by atoms with Crippen molar-refractivity contribution in [2.75, 3.05) is 38.1 Å². The van der Waals surface area contributed by atoms with Crippen LogP contribution in [0.5, 0.6) is 5.75 Å². The van der Waals surface area contributed by atoms with Gasteiger partial charge in [0, 0.05) is 13.1 Å². The Hall–Kier alpha value is -2.14. The summed E-state index contributed by atoms with van der Waals surface area (Å²) in [4.78, 5) is 0.0888. The van der Waals surface area contributed by atoms with Crippen LogP contribution in [-0.4, -0.2) is 54.6 Å². The highest BCUT2D eigenvalue weighted by Crippen LogP contribution is 2.32. The molecule has 0 bridgehead atoms. The minimum Gasteiger partial charge on any atom is -0.495 e. The van der Waals surface area contributed by atoms with Crippen molar-refractivity contribution in [1.29, 1.82) is 0 Å². The second-order valence-electron chi connectivity index (χ2n) is 7.22. The molecule has 0 aliphatic carbocycles. The lowest BCUT2D eigenvalue weighted by Gasteiger charge is -2.27. The van der Waals surface area contributed by atoms with Crippen molar-refractivity contribution in [2.24, 2.45) is 0 Å². The first-order chi connectivity index (χ1) is 14.1. The van der Waals surface area contributed by atoms with Gasteiger partial charge >= 0.3 is 0 Å². The molecule has 1 saturated heterocycles. The average Bonchev–Trinajstić information content (AvgIpc) is 2.67. The molecular formula is C20H26N2O6S2. The molecule has 164 valence electrons. The lowest BCUT2D eigenvalue weighted by molar-refractivity contribution is 0.0729. The minimum atomic E-state index is -3.92. The number of hydrogen-bond donors (Lipinski definition) is 1. The summed E-state index contributed by atoms with van der Waals surface area (Å²) < 4.78 is 66.6. The monoisotopic (exact) mass is 454 g/mol. The molecule has 1 fully saturated rings. The predicted molar refractivity (Wildman–Crippen MR) is 114 cm³/mol. The zero-order valence-electron chi connectivity index (χ0n) is 17.4. The summed E-state index contributed by atoms with van der Waals surface area (Å²) in [6, 6.07) is 7.81. The first kappa shape index (κ1) is 22.5. The molecule has 2 aromatic carbocycles. The third-order valence-corrected chi connectivity index (χ3v) is 8.48. The van der Waals surface area contributed by atoms with Crippen molar-refractivity contribution in [2.45, 2.75) is 30.6 Å². The van der Waals surface area contributed by atoms with Gasteiger partial charge in [-0.1, -0.05) is 17.7 Å².